The van der Waals surface area contributed by atoms with E-state index in [9.17, 15) is 13.2 Å². The minimum Gasteiger partial charge on any atom is -0.439 e. The summed E-state index contributed by atoms with van der Waals surface area (Å²) >= 11 is 0. The number of carbonyl (C=O) groups excluding carboxylic acids is 1. The summed E-state index contributed by atoms with van der Waals surface area (Å²) in [6, 6.07) is 25.0. The zero-order chi connectivity index (χ0) is 24.0. The lowest BCUT2D eigenvalue weighted by Crippen LogP contribution is -2.06. The summed E-state index contributed by atoms with van der Waals surface area (Å²) in [5.41, 5.74) is 2.60. The number of anilines is 2. The van der Waals surface area contributed by atoms with Gasteiger partial charge in [0.2, 0.25) is 5.88 Å². The number of aromatic nitrogens is 2. The number of Topliss-reactive ketones (excluding diaryl/α,β-unsaturated/α-hetero) is 1. The minimum absolute atomic E-state index is 0.149. The molecule has 0 spiro atoms. The third-order valence-electron chi connectivity index (χ3n) is 4.99. The van der Waals surface area contributed by atoms with Gasteiger partial charge in [-0.25, -0.2) is 18.4 Å². The van der Waals surface area contributed by atoms with E-state index in [-0.39, 0.29) is 10.7 Å². The first kappa shape index (κ1) is 23.1. The molecule has 8 heteroatoms. The van der Waals surface area contributed by atoms with E-state index >= 15 is 0 Å². The third-order valence-corrected chi connectivity index (χ3v) is 6.12. The van der Waals surface area contributed by atoms with E-state index in [1.165, 1.54) is 24.7 Å². The normalized spacial score (nSPS) is 11.1. The van der Waals surface area contributed by atoms with Crippen LogP contribution in [0, 0.1) is 0 Å². The second-order valence-electron chi connectivity index (χ2n) is 7.79. The van der Waals surface area contributed by atoms with Crippen molar-refractivity contribution >= 4 is 27.1 Å². The Bertz CT molecular complexity index is 1370. The molecule has 7 nitrogen and oxygen atoms in total. The van der Waals surface area contributed by atoms with Crippen molar-refractivity contribution in [3.63, 3.8) is 0 Å². The smallest absolute Gasteiger partial charge is 0.224 e. The van der Waals surface area contributed by atoms with Gasteiger partial charge in [0, 0.05) is 30.9 Å². The van der Waals surface area contributed by atoms with E-state index in [4.69, 9.17) is 4.74 Å². The Kier molecular flexibility index (Phi) is 6.98. The Morgan fingerprint density at radius 1 is 0.853 bits per heavy atom. The number of rotatable bonds is 9. The molecule has 0 radical (unpaired) electrons. The van der Waals surface area contributed by atoms with E-state index in [2.05, 4.69) is 15.3 Å². The topological polar surface area (TPSA) is 98.2 Å². The fourth-order valence-electron chi connectivity index (χ4n) is 3.31. The number of benzene rings is 3. The largest absolute Gasteiger partial charge is 0.439 e. The fourth-order valence-corrected chi connectivity index (χ4v) is 3.94. The van der Waals surface area contributed by atoms with Crippen LogP contribution < -0.4 is 10.1 Å². The molecule has 0 saturated heterocycles. The standard InChI is InChI=1S/C26H23N3O4S/c1-34(31,32)24-13-9-21(10-14-24)29-25-17-26(28-18-27-25)33-23-11-7-20(8-12-23)16-22(30)15-19-5-3-2-4-6-19/h2-14,17-18H,15-16H2,1H3,(H,27,28,29). The minimum atomic E-state index is -3.25. The molecule has 1 heterocycles. The summed E-state index contributed by atoms with van der Waals surface area (Å²) in [5.74, 6) is 1.58. The van der Waals surface area contributed by atoms with Gasteiger partial charge in [0.1, 0.15) is 23.7 Å². The number of sulfone groups is 1. The lowest BCUT2D eigenvalue weighted by Gasteiger charge is -2.09. The van der Waals surface area contributed by atoms with Crippen molar-refractivity contribution in [1.82, 2.24) is 9.97 Å². The molecule has 0 atom stereocenters. The van der Waals surface area contributed by atoms with Crippen molar-refractivity contribution in [3.8, 4) is 11.6 Å². The van der Waals surface area contributed by atoms with Crippen LogP contribution in [0.2, 0.25) is 0 Å². The quantitative estimate of drug-likeness (QED) is 0.374. The predicted molar refractivity (Wildman–Crippen MR) is 130 cm³/mol. The van der Waals surface area contributed by atoms with Crippen LogP contribution in [0.25, 0.3) is 0 Å². The summed E-state index contributed by atoms with van der Waals surface area (Å²) in [6.45, 7) is 0. The fraction of sp³-hybridized carbons (Fsp3) is 0.115. The first-order valence-electron chi connectivity index (χ1n) is 10.6. The molecule has 34 heavy (non-hydrogen) atoms. The van der Waals surface area contributed by atoms with Crippen molar-refractivity contribution in [1.29, 1.82) is 0 Å². The number of hydrogen-bond donors (Lipinski definition) is 1. The van der Waals surface area contributed by atoms with Gasteiger partial charge in [0.25, 0.3) is 0 Å². The number of hydrogen-bond acceptors (Lipinski definition) is 7. The molecule has 0 aliphatic rings. The summed E-state index contributed by atoms with van der Waals surface area (Å²) in [6.07, 6.45) is 3.30. The molecule has 0 amide bonds. The van der Waals surface area contributed by atoms with Gasteiger partial charge in [-0.3, -0.25) is 4.79 Å². The molecule has 1 N–H and O–H groups in total. The number of nitrogens with zero attached hydrogens (tertiary/aromatic N) is 2. The van der Waals surface area contributed by atoms with Crippen LogP contribution in [-0.2, 0) is 27.5 Å². The highest BCUT2D eigenvalue weighted by atomic mass is 32.2. The molecule has 0 aliphatic carbocycles. The average molecular weight is 474 g/mol. The zero-order valence-electron chi connectivity index (χ0n) is 18.5. The van der Waals surface area contributed by atoms with Crippen LogP contribution in [0.15, 0.2) is 96.2 Å². The second-order valence-corrected chi connectivity index (χ2v) is 9.80. The first-order valence-corrected chi connectivity index (χ1v) is 12.5. The number of nitrogens with one attached hydrogen (secondary N) is 1. The maximum Gasteiger partial charge on any atom is 0.224 e. The lowest BCUT2D eigenvalue weighted by molar-refractivity contribution is -0.117. The Labute approximate surface area is 198 Å². The van der Waals surface area contributed by atoms with E-state index in [0.717, 1.165) is 11.1 Å². The van der Waals surface area contributed by atoms with Crippen LogP contribution in [0.3, 0.4) is 0 Å². The molecule has 4 aromatic rings. The third kappa shape index (κ3) is 6.49. The molecular formula is C26H23N3O4S. The highest BCUT2D eigenvalue weighted by Gasteiger charge is 2.08. The molecule has 0 bridgehead atoms. The van der Waals surface area contributed by atoms with E-state index in [1.807, 2.05) is 42.5 Å². The van der Waals surface area contributed by atoms with E-state index < -0.39 is 9.84 Å². The highest BCUT2D eigenvalue weighted by molar-refractivity contribution is 7.90. The van der Waals surface area contributed by atoms with Gasteiger partial charge in [0.15, 0.2) is 9.84 Å². The lowest BCUT2D eigenvalue weighted by atomic mass is 10.0. The molecule has 3 aromatic carbocycles. The summed E-state index contributed by atoms with van der Waals surface area (Å²) in [4.78, 5) is 20.9. The Morgan fingerprint density at radius 3 is 2.15 bits per heavy atom. The Hall–Kier alpha value is -4.04. The molecule has 0 unspecified atom stereocenters. The van der Waals surface area contributed by atoms with Crippen molar-refractivity contribution in [2.75, 3.05) is 11.6 Å². The van der Waals surface area contributed by atoms with Crippen LogP contribution >= 0.6 is 0 Å². The molecule has 172 valence electrons. The van der Waals surface area contributed by atoms with Gasteiger partial charge in [-0.15, -0.1) is 0 Å². The summed E-state index contributed by atoms with van der Waals surface area (Å²) < 4.78 is 29.0. The van der Waals surface area contributed by atoms with Crippen molar-refractivity contribution in [2.24, 2.45) is 0 Å². The maximum atomic E-state index is 12.3. The van der Waals surface area contributed by atoms with Crippen molar-refractivity contribution < 1.29 is 17.9 Å². The van der Waals surface area contributed by atoms with Gasteiger partial charge >= 0.3 is 0 Å². The van der Waals surface area contributed by atoms with Gasteiger partial charge in [-0.05, 0) is 47.5 Å². The Balaban J connectivity index is 1.36. The van der Waals surface area contributed by atoms with E-state index in [1.54, 1.807) is 30.3 Å². The van der Waals surface area contributed by atoms with Crippen LogP contribution in [0.4, 0.5) is 11.5 Å². The van der Waals surface area contributed by atoms with Crippen molar-refractivity contribution in [3.05, 3.63) is 102 Å². The van der Waals surface area contributed by atoms with Gasteiger partial charge in [0.05, 0.1) is 4.90 Å². The van der Waals surface area contributed by atoms with Gasteiger partial charge < -0.3 is 10.1 Å². The molecular weight excluding hydrogens is 450 g/mol. The molecule has 0 saturated carbocycles. The molecule has 0 aliphatic heterocycles. The predicted octanol–water partition coefficient (Wildman–Crippen LogP) is 4.77. The number of ether oxygens (including phenoxy) is 1. The summed E-state index contributed by atoms with van der Waals surface area (Å²) in [7, 11) is -3.25. The first-order chi connectivity index (χ1) is 16.3. The number of ketones is 1. The molecule has 0 fully saturated rings. The summed E-state index contributed by atoms with van der Waals surface area (Å²) in [5, 5.41) is 3.10. The van der Waals surface area contributed by atoms with Crippen molar-refractivity contribution in [2.45, 2.75) is 17.7 Å². The monoisotopic (exact) mass is 473 g/mol. The van der Waals surface area contributed by atoms with Gasteiger partial charge in [-0.2, -0.15) is 0 Å². The highest BCUT2D eigenvalue weighted by Crippen LogP contribution is 2.24. The van der Waals surface area contributed by atoms with Crippen LogP contribution in [-0.4, -0.2) is 30.4 Å². The second kappa shape index (κ2) is 10.3. The average Bonchev–Trinajstić information content (AvgIpc) is 2.81. The van der Waals surface area contributed by atoms with Crippen LogP contribution in [0.5, 0.6) is 11.6 Å². The maximum absolute atomic E-state index is 12.3. The number of carbonyl (C=O) groups is 1. The zero-order valence-corrected chi connectivity index (χ0v) is 19.3. The van der Waals surface area contributed by atoms with Gasteiger partial charge in [-0.1, -0.05) is 42.5 Å². The molecule has 4 rings (SSSR count). The SMILES string of the molecule is CS(=O)(=O)c1ccc(Nc2cc(Oc3ccc(CC(=O)Cc4ccccc4)cc3)ncn2)cc1. The van der Waals surface area contributed by atoms with Crippen LogP contribution in [0.1, 0.15) is 11.1 Å². The Morgan fingerprint density at radius 2 is 1.50 bits per heavy atom. The van der Waals surface area contributed by atoms with E-state index in [0.29, 0.717) is 36.0 Å². The molecule has 1 aromatic heterocycles.